The summed E-state index contributed by atoms with van der Waals surface area (Å²) >= 11 is 0. The molecular formula is C56H67N11O5. The van der Waals surface area contributed by atoms with E-state index < -0.39 is 0 Å². The number of methoxy groups -OCH3 is 1. The third kappa shape index (κ3) is 8.86. The maximum atomic E-state index is 14.1. The molecule has 2 aromatic carbocycles. The Morgan fingerprint density at radius 1 is 0.875 bits per heavy atom. The Hall–Kier alpha value is -6.78. The Kier molecular flexibility index (Phi) is 12.8. The Balaban J connectivity index is 0.767. The molecule has 2 aliphatic carbocycles. The first-order valence-electron chi connectivity index (χ1n) is 26.0. The monoisotopic (exact) mass is 974 g/mol. The van der Waals surface area contributed by atoms with Gasteiger partial charge in [0.05, 0.1) is 37.0 Å². The lowest BCUT2D eigenvalue weighted by Crippen LogP contribution is -2.57. The quantitative estimate of drug-likeness (QED) is 0.104. The normalized spacial score (nSPS) is 20.4. The average Bonchev–Trinajstić information content (AvgIpc) is 4.02. The van der Waals surface area contributed by atoms with Gasteiger partial charge in [-0.25, -0.2) is 15.0 Å². The minimum Gasteiger partial charge on any atom is -0.478 e. The van der Waals surface area contributed by atoms with Gasteiger partial charge in [0.1, 0.15) is 11.5 Å². The number of ether oxygens (including phenoxy) is 1. The topological polar surface area (TPSA) is 165 Å². The number of nitrogens with zero attached hydrogens (tertiary/aromatic N) is 9. The van der Waals surface area contributed by atoms with Crippen molar-refractivity contribution >= 4 is 52.1 Å². The molecule has 0 bridgehead atoms. The van der Waals surface area contributed by atoms with E-state index in [1.165, 1.54) is 55.0 Å². The molecular weight excluding hydrogens is 907 g/mol. The number of piperazine rings is 1. The lowest BCUT2D eigenvalue weighted by molar-refractivity contribution is -0.111. The van der Waals surface area contributed by atoms with E-state index in [0.29, 0.717) is 70.7 Å². The van der Waals surface area contributed by atoms with Gasteiger partial charge in [-0.3, -0.25) is 24.2 Å². The highest BCUT2D eigenvalue weighted by Gasteiger charge is 2.39. The van der Waals surface area contributed by atoms with Crippen molar-refractivity contribution in [1.82, 2.24) is 29.3 Å². The van der Waals surface area contributed by atoms with Crippen LogP contribution in [0.15, 0.2) is 73.6 Å². The number of pyridine rings is 1. The van der Waals surface area contributed by atoms with Crippen molar-refractivity contribution in [3.8, 4) is 17.1 Å². The van der Waals surface area contributed by atoms with Crippen LogP contribution in [-0.2, 0) is 37.3 Å². The first kappa shape index (κ1) is 47.5. The van der Waals surface area contributed by atoms with E-state index in [1.807, 2.05) is 24.3 Å². The number of amides is 3. The molecule has 376 valence electrons. The molecule has 0 radical (unpaired) electrons. The van der Waals surface area contributed by atoms with Crippen LogP contribution in [0.1, 0.15) is 109 Å². The molecule has 5 aromatic rings. The van der Waals surface area contributed by atoms with Crippen LogP contribution in [0.5, 0.6) is 5.88 Å². The van der Waals surface area contributed by atoms with Gasteiger partial charge in [-0.2, -0.15) is 0 Å². The zero-order valence-electron chi connectivity index (χ0n) is 42.1. The number of benzene rings is 2. The highest BCUT2D eigenvalue weighted by Crippen LogP contribution is 2.42. The van der Waals surface area contributed by atoms with Crippen LogP contribution < -0.4 is 30.1 Å². The van der Waals surface area contributed by atoms with Crippen molar-refractivity contribution < 1.29 is 24.2 Å². The molecule has 3 amide bonds. The summed E-state index contributed by atoms with van der Waals surface area (Å²) in [5.74, 6) is 0.729. The number of nitrogens with one attached hydrogen (secondary N) is 2. The van der Waals surface area contributed by atoms with Gasteiger partial charge in [0.2, 0.25) is 5.91 Å². The number of carbonyl (C=O) groups excluding carboxylic acids is 3. The molecule has 0 unspecified atom stereocenters. The second-order valence-corrected chi connectivity index (χ2v) is 21.4. The molecule has 16 heteroatoms. The van der Waals surface area contributed by atoms with Gasteiger partial charge in [-0.1, -0.05) is 39.7 Å². The Labute approximate surface area is 422 Å². The van der Waals surface area contributed by atoms with Crippen LogP contribution in [-0.4, -0.2) is 117 Å². The molecule has 1 atom stereocenters. The smallest absolute Gasteiger partial charge is 0.276 e. The largest absolute Gasteiger partial charge is 0.478 e. The second-order valence-electron chi connectivity index (χ2n) is 21.4. The third-order valence-corrected chi connectivity index (χ3v) is 16.2. The van der Waals surface area contributed by atoms with Crippen LogP contribution in [0.3, 0.4) is 0 Å². The predicted molar refractivity (Wildman–Crippen MR) is 280 cm³/mol. The van der Waals surface area contributed by atoms with E-state index in [9.17, 15) is 19.5 Å². The van der Waals surface area contributed by atoms with Crippen LogP contribution in [0.4, 0.5) is 34.4 Å². The van der Waals surface area contributed by atoms with Gasteiger partial charge in [0, 0.05) is 110 Å². The number of hydrogen-bond donors (Lipinski definition) is 3. The number of fused-ring (bicyclic) bond motifs is 4. The van der Waals surface area contributed by atoms with Crippen molar-refractivity contribution in [1.29, 1.82) is 0 Å². The Morgan fingerprint density at radius 3 is 2.46 bits per heavy atom. The highest BCUT2D eigenvalue weighted by atomic mass is 16.5. The molecule has 3 N–H and O–H groups in total. The van der Waals surface area contributed by atoms with Crippen LogP contribution in [0, 0.1) is 5.41 Å². The summed E-state index contributed by atoms with van der Waals surface area (Å²) in [6, 6.07) is 17.2. The second kappa shape index (κ2) is 19.3. The van der Waals surface area contributed by atoms with E-state index >= 15 is 0 Å². The van der Waals surface area contributed by atoms with Crippen LogP contribution in [0.25, 0.3) is 11.3 Å². The fourth-order valence-corrected chi connectivity index (χ4v) is 12.6. The summed E-state index contributed by atoms with van der Waals surface area (Å²) in [5, 5.41) is 17.3. The van der Waals surface area contributed by atoms with E-state index in [4.69, 9.17) is 9.72 Å². The minimum absolute atomic E-state index is 0.139. The summed E-state index contributed by atoms with van der Waals surface area (Å²) in [7, 11) is 1.53. The average molecular weight is 974 g/mol. The number of aliphatic hydroxyl groups is 1. The summed E-state index contributed by atoms with van der Waals surface area (Å²) in [4.78, 5) is 65.9. The maximum Gasteiger partial charge on any atom is 0.276 e. The van der Waals surface area contributed by atoms with E-state index in [2.05, 4.69) is 90.3 Å². The van der Waals surface area contributed by atoms with E-state index in [1.54, 1.807) is 23.4 Å². The zero-order chi connectivity index (χ0) is 49.8. The summed E-state index contributed by atoms with van der Waals surface area (Å²) < 4.78 is 7.84. The number of carbonyl (C=O) groups is 3. The maximum absolute atomic E-state index is 14.1. The standard InChI is InChI=1S/C56H67N11O5/c1-6-50(69)60-45-28-38(59-51-53(72-5)58-31-46(61-51)43-16-19-57-52(44(43)34-68)66-25-24-65-48(55(66)71)27-36-29-56(3,4)30-49(36)65)12-15-47(45)64-23-22-63(32-35(64)2)39-17-20-62(21-18-39)41-13-14-42-37(26-41)33-67(54(42)70)40-10-8-7-9-11-40/h6,12-16,19,26-28,31,35,39-40,68H,1,7-11,17-18,20-25,29-30,32-34H2,2-5H3,(H,59,61)(H,60,69)/t35-/m0/s1. The van der Waals surface area contributed by atoms with Gasteiger partial charge >= 0.3 is 0 Å². The van der Waals surface area contributed by atoms with Gasteiger partial charge in [-0.05, 0) is 117 Å². The van der Waals surface area contributed by atoms with Gasteiger partial charge in [0.15, 0.2) is 5.82 Å². The number of hydrogen-bond acceptors (Lipinski definition) is 12. The SMILES string of the molecule is C=CC(=O)Nc1cc(Nc2nc(-c3ccnc(N4CCn5c(cc6c5CC(C)(C)C6)C4=O)c3CO)cnc2OC)ccc1N1CCN(C2CCN(c3ccc4c(c3)CN(C3CCCCC3)C4=O)CC2)C[C@@H]1C. The molecule has 6 aliphatic rings. The number of anilines is 6. The number of aliphatic hydroxyl groups excluding tert-OH is 1. The molecule has 0 spiro atoms. The van der Waals surface area contributed by atoms with Crippen molar-refractivity contribution in [3.63, 3.8) is 0 Å². The summed E-state index contributed by atoms with van der Waals surface area (Å²) in [6.07, 6.45) is 14.5. The molecule has 2 saturated heterocycles. The lowest BCUT2D eigenvalue weighted by Gasteiger charge is -2.47. The molecule has 72 heavy (non-hydrogen) atoms. The fourth-order valence-electron chi connectivity index (χ4n) is 12.6. The molecule has 1 saturated carbocycles. The molecule has 11 rings (SSSR count). The van der Waals surface area contributed by atoms with E-state index in [-0.39, 0.29) is 41.7 Å². The number of rotatable bonds is 12. The predicted octanol–water partition coefficient (Wildman–Crippen LogP) is 7.96. The molecule has 16 nitrogen and oxygen atoms in total. The van der Waals surface area contributed by atoms with Crippen molar-refractivity contribution in [2.75, 3.05) is 71.7 Å². The van der Waals surface area contributed by atoms with Crippen molar-refractivity contribution in [2.24, 2.45) is 5.41 Å². The molecule has 3 fully saturated rings. The number of aromatic nitrogens is 4. The molecule has 7 heterocycles. The van der Waals surface area contributed by atoms with Crippen LogP contribution >= 0.6 is 0 Å². The van der Waals surface area contributed by atoms with Gasteiger partial charge in [-0.15, -0.1) is 0 Å². The van der Waals surface area contributed by atoms with E-state index in [0.717, 1.165) is 89.0 Å². The Morgan fingerprint density at radius 2 is 1.69 bits per heavy atom. The molecule has 4 aliphatic heterocycles. The first-order chi connectivity index (χ1) is 34.9. The highest BCUT2D eigenvalue weighted by molar-refractivity contribution is 6.06. The van der Waals surface area contributed by atoms with Crippen LogP contribution in [0.2, 0.25) is 0 Å². The third-order valence-electron chi connectivity index (χ3n) is 16.2. The first-order valence-corrected chi connectivity index (χ1v) is 26.0. The van der Waals surface area contributed by atoms with Crippen molar-refractivity contribution in [2.45, 2.75) is 116 Å². The Bertz CT molecular complexity index is 2940. The summed E-state index contributed by atoms with van der Waals surface area (Å²) in [6.45, 7) is 16.5. The van der Waals surface area contributed by atoms with Crippen molar-refractivity contribution in [3.05, 3.63) is 107 Å². The number of piperidine rings is 1. The van der Waals surface area contributed by atoms with Gasteiger partial charge < -0.3 is 39.7 Å². The lowest BCUT2D eigenvalue weighted by atomic mass is 9.90. The zero-order valence-corrected chi connectivity index (χ0v) is 42.1. The summed E-state index contributed by atoms with van der Waals surface area (Å²) in [5.41, 5.74) is 10.3. The fraction of sp³-hybridized carbons (Fsp3) is 0.464. The van der Waals surface area contributed by atoms with Gasteiger partial charge in [0.25, 0.3) is 17.7 Å². The molecule has 3 aromatic heterocycles. The minimum atomic E-state index is -0.371.